The summed E-state index contributed by atoms with van der Waals surface area (Å²) in [5, 5.41) is 2.89. The van der Waals surface area contributed by atoms with E-state index in [2.05, 4.69) is 15.3 Å². The van der Waals surface area contributed by atoms with E-state index in [4.69, 9.17) is 0 Å². The molecule has 21 heavy (non-hydrogen) atoms. The number of nitrogens with zero attached hydrogens (tertiary/aromatic N) is 2. The number of rotatable bonds is 4. The summed E-state index contributed by atoms with van der Waals surface area (Å²) >= 11 is 0. The maximum atomic E-state index is 13.4. The zero-order valence-corrected chi connectivity index (χ0v) is 11.2. The van der Waals surface area contributed by atoms with E-state index in [0.29, 0.717) is 12.2 Å². The fourth-order valence-corrected chi connectivity index (χ4v) is 2.07. The molecule has 1 N–H and O–H groups in total. The molecule has 2 aromatic rings. The molecule has 7 heteroatoms. The molecule has 0 spiro atoms. The van der Waals surface area contributed by atoms with Crippen LogP contribution in [0, 0.1) is 5.82 Å². The summed E-state index contributed by atoms with van der Waals surface area (Å²) in [6.45, 7) is 2.14. The van der Waals surface area contributed by atoms with Gasteiger partial charge in [0.1, 0.15) is 5.82 Å². The SMILES string of the molecule is CCNC(c1cnccn1)c1cc(F)ccc1C(F)(F)F. The summed E-state index contributed by atoms with van der Waals surface area (Å²) in [4.78, 5) is 7.86. The molecule has 3 nitrogen and oxygen atoms in total. The number of hydrogen-bond donors (Lipinski definition) is 1. The quantitative estimate of drug-likeness (QED) is 0.880. The van der Waals surface area contributed by atoms with Gasteiger partial charge < -0.3 is 5.32 Å². The predicted octanol–water partition coefficient (Wildman–Crippen LogP) is 3.33. The van der Waals surface area contributed by atoms with Crippen molar-refractivity contribution in [2.75, 3.05) is 6.54 Å². The van der Waals surface area contributed by atoms with E-state index in [9.17, 15) is 17.6 Å². The van der Waals surface area contributed by atoms with Crippen LogP contribution in [0.1, 0.15) is 29.8 Å². The first kappa shape index (κ1) is 15.4. The molecule has 0 saturated carbocycles. The molecule has 1 heterocycles. The predicted molar refractivity (Wildman–Crippen MR) is 69.0 cm³/mol. The third kappa shape index (κ3) is 3.55. The van der Waals surface area contributed by atoms with Crippen LogP contribution in [0.5, 0.6) is 0 Å². The molecule has 0 amide bonds. The topological polar surface area (TPSA) is 37.8 Å². The maximum absolute atomic E-state index is 13.4. The third-order valence-electron chi connectivity index (χ3n) is 2.92. The second-order valence-corrected chi connectivity index (χ2v) is 4.35. The Morgan fingerprint density at radius 3 is 2.57 bits per heavy atom. The number of nitrogens with one attached hydrogen (secondary N) is 1. The monoisotopic (exact) mass is 299 g/mol. The number of hydrogen-bond acceptors (Lipinski definition) is 3. The van der Waals surface area contributed by atoms with Gasteiger partial charge in [-0.1, -0.05) is 6.92 Å². The Balaban J connectivity index is 2.57. The van der Waals surface area contributed by atoms with Crippen molar-refractivity contribution in [1.29, 1.82) is 0 Å². The van der Waals surface area contributed by atoms with Crippen molar-refractivity contribution < 1.29 is 17.6 Å². The van der Waals surface area contributed by atoms with Crippen molar-refractivity contribution in [3.8, 4) is 0 Å². The van der Waals surface area contributed by atoms with Crippen molar-refractivity contribution in [2.45, 2.75) is 19.1 Å². The van der Waals surface area contributed by atoms with Gasteiger partial charge in [-0.3, -0.25) is 9.97 Å². The molecule has 1 aromatic carbocycles. The highest BCUT2D eigenvalue weighted by Gasteiger charge is 2.36. The Morgan fingerprint density at radius 2 is 2.00 bits per heavy atom. The first-order valence-corrected chi connectivity index (χ1v) is 6.29. The van der Waals surface area contributed by atoms with Crippen LogP contribution < -0.4 is 5.32 Å². The van der Waals surface area contributed by atoms with Crippen molar-refractivity contribution >= 4 is 0 Å². The third-order valence-corrected chi connectivity index (χ3v) is 2.92. The van der Waals surface area contributed by atoms with Gasteiger partial charge in [0, 0.05) is 12.4 Å². The average Bonchev–Trinajstić information content (AvgIpc) is 2.44. The molecule has 1 unspecified atom stereocenters. The fourth-order valence-electron chi connectivity index (χ4n) is 2.07. The molecule has 0 saturated heterocycles. The Bertz CT molecular complexity index is 599. The van der Waals surface area contributed by atoms with Crippen LogP contribution in [0.15, 0.2) is 36.8 Å². The van der Waals surface area contributed by atoms with Gasteiger partial charge in [-0.25, -0.2) is 4.39 Å². The van der Waals surface area contributed by atoms with Gasteiger partial charge in [0.05, 0.1) is 23.5 Å². The minimum atomic E-state index is -4.57. The summed E-state index contributed by atoms with van der Waals surface area (Å²) in [6.07, 6.45) is -0.410. The molecule has 0 aliphatic carbocycles. The summed E-state index contributed by atoms with van der Waals surface area (Å²) in [5.41, 5.74) is -0.791. The average molecular weight is 299 g/mol. The Morgan fingerprint density at radius 1 is 1.24 bits per heavy atom. The van der Waals surface area contributed by atoms with Gasteiger partial charge in [-0.05, 0) is 30.3 Å². The smallest absolute Gasteiger partial charge is 0.305 e. The number of halogens is 4. The zero-order chi connectivity index (χ0) is 15.5. The van der Waals surface area contributed by atoms with E-state index in [0.717, 1.165) is 18.2 Å². The van der Waals surface area contributed by atoms with Crippen LogP contribution in [0.25, 0.3) is 0 Å². The Kier molecular flexibility index (Phi) is 4.52. The normalized spacial score (nSPS) is 13.2. The fraction of sp³-hybridized carbons (Fsp3) is 0.286. The zero-order valence-electron chi connectivity index (χ0n) is 11.2. The number of alkyl halides is 3. The van der Waals surface area contributed by atoms with E-state index < -0.39 is 23.6 Å². The summed E-state index contributed by atoms with van der Waals surface area (Å²) < 4.78 is 52.8. The maximum Gasteiger partial charge on any atom is 0.416 e. The lowest BCUT2D eigenvalue weighted by atomic mass is 9.97. The molecule has 1 aromatic heterocycles. The highest BCUT2D eigenvalue weighted by atomic mass is 19.4. The van der Waals surface area contributed by atoms with Gasteiger partial charge in [0.25, 0.3) is 0 Å². The molecular weight excluding hydrogens is 286 g/mol. The van der Waals surface area contributed by atoms with Crippen LogP contribution in [0.4, 0.5) is 17.6 Å². The van der Waals surface area contributed by atoms with Gasteiger partial charge in [-0.15, -0.1) is 0 Å². The minimum Gasteiger partial charge on any atom is -0.305 e. The summed E-state index contributed by atoms with van der Waals surface area (Å²) in [6, 6.07) is 1.54. The Labute approximate surface area is 119 Å². The number of aromatic nitrogens is 2. The lowest BCUT2D eigenvalue weighted by molar-refractivity contribution is -0.138. The van der Waals surface area contributed by atoms with Crippen LogP contribution in [0.3, 0.4) is 0 Å². The van der Waals surface area contributed by atoms with Crippen LogP contribution in [0.2, 0.25) is 0 Å². The van der Waals surface area contributed by atoms with Gasteiger partial charge in [0.2, 0.25) is 0 Å². The Hall–Kier alpha value is -2.02. The van der Waals surface area contributed by atoms with Crippen LogP contribution >= 0.6 is 0 Å². The largest absolute Gasteiger partial charge is 0.416 e. The van der Waals surface area contributed by atoms with E-state index in [1.807, 2.05) is 0 Å². The van der Waals surface area contributed by atoms with Crippen molar-refractivity contribution in [1.82, 2.24) is 15.3 Å². The molecule has 112 valence electrons. The highest BCUT2D eigenvalue weighted by molar-refractivity contribution is 5.37. The van der Waals surface area contributed by atoms with E-state index in [1.54, 1.807) is 6.92 Å². The molecule has 0 bridgehead atoms. The van der Waals surface area contributed by atoms with Crippen molar-refractivity contribution in [3.05, 3.63) is 59.4 Å². The summed E-state index contributed by atoms with van der Waals surface area (Å²) in [5.74, 6) is -0.732. The molecule has 0 aliphatic heterocycles. The molecular formula is C14H13F4N3. The van der Waals surface area contributed by atoms with Crippen molar-refractivity contribution in [2.24, 2.45) is 0 Å². The van der Waals surface area contributed by atoms with E-state index in [-0.39, 0.29) is 5.56 Å². The van der Waals surface area contributed by atoms with Gasteiger partial charge in [-0.2, -0.15) is 13.2 Å². The summed E-state index contributed by atoms with van der Waals surface area (Å²) in [7, 11) is 0. The second kappa shape index (κ2) is 6.17. The standard InChI is InChI=1S/C14H13F4N3/c1-2-20-13(12-8-19-5-6-21-12)10-7-9(15)3-4-11(10)14(16,17)18/h3-8,13,20H,2H2,1H3. The molecule has 2 rings (SSSR count). The van der Waals surface area contributed by atoms with Crippen LogP contribution in [-0.4, -0.2) is 16.5 Å². The number of benzene rings is 1. The highest BCUT2D eigenvalue weighted by Crippen LogP contribution is 2.36. The molecule has 0 fully saturated rings. The van der Waals surface area contributed by atoms with Crippen molar-refractivity contribution in [3.63, 3.8) is 0 Å². The lowest BCUT2D eigenvalue weighted by Crippen LogP contribution is -2.26. The van der Waals surface area contributed by atoms with E-state index in [1.165, 1.54) is 18.6 Å². The van der Waals surface area contributed by atoms with E-state index >= 15 is 0 Å². The second-order valence-electron chi connectivity index (χ2n) is 4.35. The van der Waals surface area contributed by atoms with Gasteiger partial charge >= 0.3 is 6.18 Å². The minimum absolute atomic E-state index is 0.204. The van der Waals surface area contributed by atoms with Crippen LogP contribution in [-0.2, 0) is 6.18 Å². The first-order chi connectivity index (χ1) is 9.93. The molecule has 1 atom stereocenters. The van der Waals surface area contributed by atoms with Gasteiger partial charge in [0.15, 0.2) is 0 Å². The first-order valence-electron chi connectivity index (χ1n) is 6.29. The molecule has 0 radical (unpaired) electrons. The molecule has 0 aliphatic rings. The lowest BCUT2D eigenvalue weighted by Gasteiger charge is -2.22.